The zero-order valence-corrected chi connectivity index (χ0v) is 12.1. The molecular formula is C15H22FNO3. The second kappa shape index (κ2) is 7.24. The number of amides is 1. The second-order valence-electron chi connectivity index (χ2n) is 5.76. The molecule has 0 spiro atoms. The van der Waals surface area contributed by atoms with E-state index < -0.39 is 6.10 Å². The van der Waals surface area contributed by atoms with Gasteiger partial charge in [0.25, 0.3) is 5.91 Å². The first-order valence-electron chi connectivity index (χ1n) is 6.62. The molecule has 0 aliphatic heterocycles. The summed E-state index contributed by atoms with van der Waals surface area (Å²) in [5.41, 5.74) is -0.199. The molecule has 1 atom stereocenters. The minimum atomic E-state index is -0.471. The number of hydrogen-bond donors (Lipinski definition) is 2. The number of nitrogens with one attached hydrogen (secondary N) is 1. The van der Waals surface area contributed by atoms with Crippen LogP contribution in [-0.4, -0.2) is 30.3 Å². The minimum absolute atomic E-state index is 0.128. The summed E-state index contributed by atoms with van der Waals surface area (Å²) in [6, 6.07) is 5.47. The Labute approximate surface area is 119 Å². The standard InChI is InChI=1S/C15H22FNO3/c1-15(2,3)13(18)8-9-17-14(19)10-20-12-6-4-11(16)5-7-12/h4-7,13,18H,8-10H2,1-3H3,(H,17,19). The van der Waals surface area contributed by atoms with Gasteiger partial charge in [0, 0.05) is 6.54 Å². The van der Waals surface area contributed by atoms with E-state index >= 15 is 0 Å². The third-order valence-electron chi connectivity index (χ3n) is 2.92. The van der Waals surface area contributed by atoms with Gasteiger partial charge in [-0.05, 0) is 36.1 Å². The largest absolute Gasteiger partial charge is 0.484 e. The van der Waals surface area contributed by atoms with Crippen LogP contribution in [0.15, 0.2) is 24.3 Å². The molecule has 20 heavy (non-hydrogen) atoms. The number of aliphatic hydroxyl groups excluding tert-OH is 1. The van der Waals surface area contributed by atoms with Gasteiger partial charge in [-0.15, -0.1) is 0 Å². The van der Waals surface area contributed by atoms with Crippen LogP contribution in [0.3, 0.4) is 0 Å². The average Bonchev–Trinajstić information content (AvgIpc) is 2.37. The van der Waals surface area contributed by atoms with Crippen LogP contribution < -0.4 is 10.1 Å². The summed E-state index contributed by atoms with van der Waals surface area (Å²) in [4.78, 5) is 11.5. The van der Waals surface area contributed by atoms with Crippen molar-refractivity contribution in [1.82, 2.24) is 5.32 Å². The molecule has 1 aromatic carbocycles. The van der Waals surface area contributed by atoms with E-state index in [1.54, 1.807) is 0 Å². The Morgan fingerprint density at radius 1 is 1.35 bits per heavy atom. The van der Waals surface area contributed by atoms with E-state index in [2.05, 4.69) is 5.32 Å². The van der Waals surface area contributed by atoms with Crippen LogP contribution in [0.25, 0.3) is 0 Å². The topological polar surface area (TPSA) is 58.6 Å². The quantitative estimate of drug-likeness (QED) is 0.840. The highest BCUT2D eigenvalue weighted by molar-refractivity contribution is 5.77. The van der Waals surface area contributed by atoms with E-state index in [9.17, 15) is 14.3 Å². The van der Waals surface area contributed by atoms with E-state index in [1.165, 1.54) is 24.3 Å². The lowest BCUT2D eigenvalue weighted by Gasteiger charge is -2.25. The summed E-state index contributed by atoms with van der Waals surface area (Å²) >= 11 is 0. The Hall–Kier alpha value is -1.62. The number of ether oxygens (including phenoxy) is 1. The predicted molar refractivity (Wildman–Crippen MR) is 75.0 cm³/mol. The molecule has 0 aliphatic rings. The molecule has 0 aliphatic carbocycles. The maximum absolute atomic E-state index is 12.7. The summed E-state index contributed by atoms with van der Waals surface area (Å²) in [6.45, 7) is 6.09. The number of aliphatic hydroxyl groups is 1. The molecule has 0 aromatic heterocycles. The van der Waals surface area contributed by atoms with E-state index in [0.717, 1.165) is 0 Å². The number of hydrogen-bond acceptors (Lipinski definition) is 3. The van der Waals surface area contributed by atoms with Gasteiger partial charge >= 0.3 is 0 Å². The molecule has 1 amide bonds. The summed E-state index contributed by atoms with van der Waals surface area (Å²) in [6.07, 6.45) is 0.0204. The van der Waals surface area contributed by atoms with Crippen molar-refractivity contribution < 1.29 is 19.0 Å². The smallest absolute Gasteiger partial charge is 0.257 e. The maximum Gasteiger partial charge on any atom is 0.257 e. The molecule has 1 unspecified atom stereocenters. The molecule has 0 bridgehead atoms. The number of carbonyl (C=O) groups excluding carboxylic acids is 1. The Bertz CT molecular complexity index is 426. The molecule has 1 aromatic rings. The highest BCUT2D eigenvalue weighted by Crippen LogP contribution is 2.20. The summed E-state index contributed by atoms with van der Waals surface area (Å²) in [7, 11) is 0. The van der Waals surface area contributed by atoms with Crippen molar-refractivity contribution in [2.45, 2.75) is 33.3 Å². The number of benzene rings is 1. The first kappa shape index (κ1) is 16.4. The van der Waals surface area contributed by atoms with Crippen molar-refractivity contribution in [3.63, 3.8) is 0 Å². The molecule has 4 nitrogen and oxygen atoms in total. The highest BCUT2D eigenvalue weighted by atomic mass is 19.1. The number of rotatable bonds is 6. The van der Waals surface area contributed by atoms with Crippen LogP contribution >= 0.6 is 0 Å². The number of halogens is 1. The van der Waals surface area contributed by atoms with Gasteiger partial charge in [-0.2, -0.15) is 0 Å². The molecule has 0 saturated heterocycles. The third kappa shape index (κ3) is 6.02. The van der Waals surface area contributed by atoms with Crippen LogP contribution in [0.5, 0.6) is 5.75 Å². The van der Waals surface area contributed by atoms with Crippen molar-refractivity contribution in [1.29, 1.82) is 0 Å². The summed E-state index contributed by atoms with van der Waals surface area (Å²) in [5, 5.41) is 12.5. The van der Waals surface area contributed by atoms with Crippen molar-refractivity contribution in [3.05, 3.63) is 30.1 Å². The fourth-order valence-electron chi connectivity index (χ4n) is 1.51. The predicted octanol–water partition coefficient (Wildman–Crippen LogP) is 2.12. The fourth-order valence-corrected chi connectivity index (χ4v) is 1.51. The Morgan fingerprint density at radius 2 is 1.95 bits per heavy atom. The molecule has 112 valence electrons. The zero-order chi connectivity index (χ0) is 15.2. The lowest BCUT2D eigenvalue weighted by Crippen LogP contribution is -2.34. The summed E-state index contributed by atoms with van der Waals surface area (Å²) < 4.78 is 17.9. The van der Waals surface area contributed by atoms with E-state index in [-0.39, 0.29) is 23.7 Å². The van der Waals surface area contributed by atoms with Gasteiger partial charge in [0.2, 0.25) is 0 Å². The monoisotopic (exact) mass is 283 g/mol. The van der Waals surface area contributed by atoms with Crippen LogP contribution in [0.4, 0.5) is 4.39 Å². The van der Waals surface area contributed by atoms with Gasteiger partial charge in [0.1, 0.15) is 11.6 Å². The molecule has 0 radical (unpaired) electrons. The Morgan fingerprint density at radius 3 is 2.50 bits per heavy atom. The van der Waals surface area contributed by atoms with Gasteiger partial charge in [0.05, 0.1) is 6.10 Å². The van der Waals surface area contributed by atoms with Crippen molar-refractivity contribution in [3.8, 4) is 5.75 Å². The van der Waals surface area contributed by atoms with Crippen LogP contribution in [0.2, 0.25) is 0 Å². The lowest BCUT2D eigenvalue weighted by atomic mass is 9.87. The lowest BCUT2D eigenvalue weighted by molar-refractivity contribution is -0.123. The molecule has 2 N–H and O–H groups in total. The van der Waals surface area contributed by atoms with E-state index in [0.29, 0.717) is 18.7 Å². The molecular weight excluding hydrogens is 261 g/mol. The van der Waals surface area contributed by atoms with Gasteiger partial charge in [-0.1, -0.05) is 20.8 Å². The Balaban J connectivity index is 2.22. The van der Waals surface area contributed by atoms with Crippen LogP contribution in [0, 0.1) is 11.2 Å². The van der Waals surface area contributed by atoms with E-state index in [4.69, 9.17) is 4.74 Å². The second-order valence-corrected chi connectivity index (χ2v) is 5.76. The fraction of sp³-hybridized carbons (Fsp3) is 0.533. The normalized spacial score (nSPS) is 12.8. The van der Waals surface area contributed by atoms with Gasteiger partial charge in [-0.25, -0.2) is 4.39 Å². The Kier molecular flexibility index (Phi) is 5.95. The summed E-state index contributed by atoms with van der Waals surface area (Å²) in [5.74, 6) is -0.176. The molecule has 0 saturated carbocycles. The molecule has 5 heteroatoms. The zero-order valence-electron chi connectivity index (χ0n) is 12.1. The SMILES string of the molecule is CC(C)(C)C(O)CCNC(=O)COc1ccc(F)cc1. The third-order valence-corrected chi connectivity index (χ3v) is 2.92. The van der Waals surface area contributed by atoms with Gasteiger partial charge in [-0.3, -0.25) is 4.79 Å². The molecule has 1 rings (SSSR count). The van der Waals surface area contributed by atoms with Gasteiger partial charge in [0.15, 0.2) is 6.61 Å². The number of carbonyl (C=O) groups is 1. The molecule has 0 fully saturated rings. The maximum atomic E-state index is 12.7. The van der Waals surface area contributed by atoms with E-state index in [1.807, 2.05) is 20.8 Å². The minimum Gasteiger partial charge on any atom is -0.484 e. The first-order chi connectivity index (χ1) is 9.29. The highest BCUT2D eigenvalue weighted by Gasteiger charge is 2.21. The average molecular weight is 283 g/mol. The van der Waals surface area contributed by atoms with Gasteiger partial charge < -0.3 is 15.2 Å². The first-order valence-corrected chi connectivity index (χ1v) is 6.62. The van der Waals surface area contributed by atoms with Crippen molar-refractivity contribution in [2.24, 2.45) is 5.41 Å². The molecule has 0 heterocycles. The van der Waals surface area contributed by atoms with Crippen molar-refractivity contribution >= 4 is 5.91 Å². The van der Waals surface area contributed by atoms with Crippen LogP contribution in [0.1, 0.15) is 27.2 Å². The van der Waals surface area contributed by atoms with Crippen LogP contribution in [-0.2, 0) is 4.79 Å². The van der Waals surface area contributed by atoms with Crippen molar-refractivity contribution in [2.75, 3.05) is 13.2 Å².